The number of amides is 3. The van der Waals surface area contributed by atoms with E-state index >= 15 is 0 Å². The average Bonchev–Trinajstić information content (AvgIpc) is 2.55. The van der Waals surface area contributed by atoms with Gasteiger partial charge in [0, 0.05) is 26.2 Å². The van der Waals surface area contributed by atoms with Crippen LogP contribution in [0.1, 0.15) is 36.5 Å². The predicted octanol–water partition coefficient (Wildman–Crippen LogP) is 2.39. The van der Waals surface area contributed by atoms with Gasteiger partial charge in [-0.25, -0.2) is 9.18 Å². The first-order chi connectivity index (χ1) is 11.1. The Hall–Kier alpha value is -2.11. The van der Waals surface area contributed by atoms with E-state index in [0.29, 0.717) is 25.4 Å². The number of hydrogen-bond acceptors (Lipinski definition) is 2. The van der Waals surface area contributed by atoms with Crippen LogP contribution in [0, 0.1) is 11.7 Å². The van der Waals surface area contributed by atoms with Gasteiger partial charge in [-0.15, -0.1) is 0 Å². The highest BCUT2D eigenvalue weighted by atomic mass is 19.1. The summed E-state index contributed by atoms with van der Waals surface area (Å²) in [4.78, 5) is 25.6. The quantitative estimate of drug-likeness (QED) is 0.818. The maximum atomic E-state index is 13.4. The number of carbonyl (C=O) groups excluding carboxylic acids is 2. The molecule has 0 atom stereocenters. The molecule has 1 fully saturated rings. The number of urea groups is 1. The van der Waals surface area contributed by atoms with Gasteiger partial charge < -0.3 is 15.5 Å². The first-order valence-corrected chi connectivity index (χ1v) is 8.13. The van der Waals surface area contributed by atoms with Gasteiger partial charge in [-0.3, -0.25) is 4.79 Å². The third-order valence-corrected chi connectivity index (χ3v) is 4.10. The normalized spacial score (nSPS) is 15.3. The zero-order valence-electron chi connectivity index (χ0n) is 13.5. The largest absolute Gasteiger partial charge is 0.352 e. The monoisotopic (exact) mass is 321 g/mol. The van der Waals surface area contributed by atoms with Crippen LogP contribution < -0.4 is 10.6 Å². The third kappa shape index (κ3) is 5.23. The van der Waals surface area contributed by atoms with Crippen molar-refractivity contribution in [2.75, 3.05) is 26.2 Å². The Balaban J connectivity index is 1.61. The van der Waals surface area contributed by atoms with Crippen molar-refractivity contribution in [3.63, 3.8) is 0 Å². The summed E-state index contributed by atoms with van der Waals surface area (Å²) in [5.74, 6) is -0.273. The molecule has 2 N–H and O–H groups in total. The zero-order chi connectivity index (χ0) is 16.7. The molecule has 0 bridgehead atoms. The SMILES string of the molecule is CC1CCN(C(=O)NCCCNC(=O)c2ccccc2F)CC1. The number of benzene rings is 1. The van der Waals surface area contributed by atoms with Crippen LogP contribution >= 0.6 is 0 Å². The molecule has 1 aliphatic rings. The number of hydrogen-bond donors (Lipinski definition) is 2. The highest BCUT2D eigenvalue weighted by molar-refractivity contribution is 5.94. The summed E-state index contributed by atoms with van der Waals surface area (Å²) < 4.78 is 13.4. The van der Waals surface area contributed by atoms with Crippen LogP contribution in [0.25, 0.3) is 0 Å². The lowest BCUT2D eigenvalue weighted by Crippen LogP contribution is -2.44. The molecule has 1 heterocycles. The smallest absolute Gasteiger partial charge is 0.317 e. The molecule has 2 rings (SSSR count). The standard InChI is InChI=1S/C17H24FN3O2/c1-13-7-11-21(12-8-13)17(23)20-10-4-9-19-16(22)14-5-2-3-6-15(14)18/h2-3,5-6,13H,4,7-12H2,1H3,(H,19,22)(H,20,23). The van der Waals surface area contributed by atoms with Crippen LogP contribution in [0.2, 0.25) is 0 Å². The van der Waals surface area contributed by atoms with Crippen molar-refractivity contribution in [3.8, 4) is 0 Å². The molecular formula is C17H24FN3O2. The summed E-state index contributed by atoms with van der Waals surface area (Å²) in [7, 11) is 0. The van der Waals surface area contributed by atoms with Crippen molar-refractivity contribution in [2.45, 2.75) is 26.2 Å². The Kier molecular flexibility index (Phi) is 6.38. The number of nitrogens with one attached hydrogen (secondary N) is 2. The second-order valence-electron chi connectivity index (χ2n) is 5.99. The second kappa shape index (κ2) is 8.50. The molecule has 0 aliphatic carbocycles. The molecule has 1 aromatic carbocycles. The molecule has 23 heavy (non-hydrogen) atoms. The van der Waals surface area contributed by atoms with Crippen molar-refractivity contribution in [3.05, 3.63) is 35.6 Å². The molecule has 1 aliphatic heterocycles. The highest BCUT2D eigenvalue weighted by Crippen LogP contribution is 2.15. The number of carbonyl (C=O) groups is 2. The van der Waals surface area contributed by atoms with Gasteiger partial charge >= 0.3 is 6.03 Å². The second-order valence-corrected chi connectivity index (χ2v) is 5.99. The van der Waals surface area contributed by atoms with Crippen molar-refractivity contribution in [1.29, 1.82) is 0 Å². The number of piperidine rings is 1. The van der Waals surface area contributed by atoms with Gasteiger partial charge in [-0.1, -0.05) is 19.1 Å². The number of nitrogens with zero attached hydrogens (tertiary/aromatic N) is 1. The van der Waals surface area contributed by atoms with E-state index in [9.17, 15) is 14.0 Å². The number of likely N-dealkylation sites (tertiary alicyclic amines) is 1. The van der Waals surface area contributed by atoms with Crippen molar-refractivity contribution in [1.82, 2.24) is 15.5 Å². The summed E-state index contributed by atoms with van der Waals surface area (Å²) in [6.45, 7) is 4.69. The fourth-order valence-corrected chi connectivity index (χ4v) is 2.55. The van der Waals surface area contributed by atoms with Gasteiger partial charge in [-0.2, -0.15) is 0 Å². The van der Waals surface area contributed by atoms with E-state index in [1.165, 1.54) is 12.1 Å². The topological polar surface area (TPSA) is 61.4 Å². The molecule has 0 unspecified atom stereocenters. The first kappa shape index (κ1) is 17.2. The molecule has 5 nitrogen and oxygen atoms in total. The predicted molar refractivity (Wildman–Crippen MR) is 86.7 cm³/mol. The molecule has 0 aromatic heterocycles. The Bertz CT molecular complexity index is 542. The molecular weight excluding hydrogens is 297 g/mol. The van der Waals surface area contributed by atoms with Gasteiger partial charge in [0.15, 0.2) is 0 Å². The maximum Gasteiger partial charge on any atom is 0.317 e. The Morgan fingerprint density at radius 2 is 1.83 bits per heavy atom. The van der Waals surface area contributed by atoms with Crippen LogP contribution in [-0.2, 0) is 0 Å². The summed E-state index contributed by atoms with van der Waals surface area (Å²) in [5.41, 5.74) is 0.0407. The molecule has 6 heteroatoms. The minimum absolute atomic E-state index is 0.0407. The summed E-state index contributed by atoms with van der Waals surface area (Å²) >= 11 is 0. The first-order valence-electron chi connectivity index (χ1n) is 8.13. The minimum Gasteiger partial charge on any atom is -0.352 e. The van der Waals surface area contributed by atoms with Crippen molar-refractivity contribution in [2.24, 2.45) is 5.92 Å². The van der Waals surface area contributed by atoms with Gasteiger partial charge in [0.25, 0.3) is 5.91 Å². The third-order valence-electron chi connectivity index (χ3n) is 4.10. The van der Waals surface area contributed by atoms with Crippen molar-refractivity contribution < 1.29 is 14.0 Å². The van der Waals surface area contributed by atoms with Crippen LogP contribution in [0.4, 0.5) is 9.18 Å². The molecule has 0 radical (unpaired) electrons. The van der Waals surface area contributed by atoms with E-state index in [1.807, 2.05) is 4.90 Å². The summed E-state index contributed by atoms with van der Waals surface area (Å²) in [5, 5.41) is 5.51. The minimum atomic E-state index is -0.530. The van der Waals surface area contributed by atoms with E-state index in [1.54, 1.807) is 12.1 Å². The van der Waals surface area contributed by atoms with E-state index < -0.39 is 11.7 Å². The fourth-order valence-electron chi connectivity index (χ4n) is 2.55. The molecule has 1 saturated heterocycles. The van der Waals surface area contributed by atoms with Crippen LogP contribution in [0.5, 0.6) is 0 Å². The fraction of sp³-hybridized carbons (Fsp3) is 0.529. The number of halogens is 1. The van der Waals surface area contributed by atoms with E-state index in [2.05, 4.69) is 17.6 Å². The van der Waals surface area contributed by atoms with Crippen molar-refractivity contribution >= 4 is 11.9 Å². The van der Waals surface area contributed by atoms with E-state index in [4.69, 9.17) is 0 Å². The van der Waals surface area contributed by atoms with Gasteiger partial charge in [0.2, 0.25) is 0 Å². The van der Waals surface area contributed by atoms with Gasteiger partial charge in [-0.05, 0) is 37.3 Å². The summed E-state index contributed by atoms with van der Waals surface area (Å²) in [6, 6.07) is 5.83. The summed E-state index contributed by atoms with van der Waals surface area (Å²) in [6.07, 6.45) is 2.70. The number of rotatable bonds is 5. The Morgan fingerprint density at radius 3 is 2.52 bits per heavy atom. The van der Waals surface area contributed by atoms with Crippen LogP contribution in [0.3, 0.4) is 0 Å². The van der Waals surface area contributed by atoms with E-state index in [-0.39, 0.29) is 11.6 Å². The zero-order valence-corrected chi connectivity index (χ0v) is 13.5. The highest BCUT2D eigenvalue weighted by Gasteiger charge is 2.19. The average molecular weight is 321 g/mol. The van der Waals surface area contributed by atoms with Crippen LogP contribution in [0.15, 0.2) is 24.3 Å². The van der Waals surface area contributed by atoms with Gasteiger partial charge in [0.1, 0.15) is 5.82 Å². The maximum absolute atomic E-state index is 13.4. The molecule has 0 saturated carbocycles. The molecule has 126 valence electrons. The van der Waals surface area contributed by atoms with Crippen LogP contribution in [-0.4, -0.2) is 43.0 Å². The lowest BCUT2D eigenvalue weighted by atomic mass is 10.00. The Morgan fingerprint density at radius 1 is 1.17 bits per heavy atom. The Labute approximate surface area is 136 Å². The van der Waals surface area contributed by atoms with Gasteiger partial charge in [0.05, 0.1) is 5.56 Å². The lowest BCUT2D eigenvalue weighted by Gasteiger charge is -2.30. The molecule has 1 aromatic rings. The lowest BCUT2D eigenvalue weighted by molar-refractivity contribution is 0.0949. The molecule has 3 amide bonds. The molecule has 0 spiro atoms. The van der Waals surface area contributed by atoms with E-state index in [0.717, 1.165) is 25.9 Å².